The van der Waals surface area contributed by atoms with E-state index in [1.165, 1.54) is 0 Å². The molecule has 0 heterocycles. The van der Waals surface area contributed by atoms with Crippen molar-refractivity contribution in [3.63, 3.8) is 0 Å². The molecule has 0 aliphatic rings. The van der Waals surface area contributed by atoms with Crippen molar-refractivity contribution in [2.75, 3.05) is 6.61 Å². The second kappa shape index (κ2) is 5.43. The Morgan fingerprint density at radius 2 is 2.08 bits per heavy atom. The molecule has 0 saturated heterocycles. The van der Waals surface area contributed by atoms with Crippen LogP contribution >= 0.6 is 0 Å². The number of alkyl halides is 1. The second-order valence-corrected chi connectivity index (χ2v) is 2.65. The predicted molar refractivity (Wildman–Crippen MR) is 47.1 cm³/mol. The van der Waals surface area contributed by atoms with Gasteiger partial charge in [-0.05, 0) is 5.56 Å². The first kappa shape index (κ1) is 9.86. The van der Waals surface area contributed by atoms with Crippen LogP contribution in [0.2, 0.25) is 0 Å². The van der Waals surface area contributed by atoms with Gasteiger partial charge in [0.1, 0.15) is 0 Å². The van der Waals surface area contributed by atoms with Crippen molar-refractivity contribution in [2.24, 2.45) is 0 Å². The lowest BCUT2D eigenvalue weighted by molar-refractivity contribution is -0.114. The third-order valence-electron chi connectivity index (χ3n) is 1.54. The van der Waals surface area contributed by atoms with Crippen LogP contribution in [0.5, 0.6) is 0 Å². The Hall–Kier alpha value is -1.22. The fraction of sp³-hybridized carbons (Fsp3) is 0.300. The van der Waals surface area contributed by atoms with E-state index in [2.05, 4.69) is 0 Å². The Kier molecular flexibility index (Phi) is 4.12. The molecule has 1 rings (SSSR count). The lowest BCUT2D eigenvalue weighted by Crippen LogP contribution is -2.11. The number of benzene rings is 1. The molecule has 0 saturated carbocycles. The summed E-state index contributed by atoms with van der Waals surface area (Å²) in [6.45, 7) is 0.174. The van der Waals surface area contributed by atoms with E-state index in [1.54, 1.807) is 0 Å². The van der Waals surface area contributed by atoms with E-state index in [0.717, 1.165) is 5.56 Å². The molecule has 2 nitrogen and oxygen atoms in total. The summed E-state index contributed by atoms with van der Waals surface area (Å²) in [7, 11) is 0. The van der Waals surface area contributed by atoms with Gasteiger partial charge in [0, 0.05) is 0 Å². The number of rotatable bonds is 5. The molecule has 0 bridgehead atoms. The first-order valence-electron chi connectivity index (χ1n) is 4.04. The maximum Gasteiger partial charge on any atom is 0.178 e. The summed E-state index contributed by atoms with van der Waals surface area (Å²) in [4.78, 5) is 9.89. The molecule has 1 aromatic rings. The number of carbonyl (C=O) groups is 1. The number of halogens is 1. The quantitative estimate of drug-likeness (QED) is 0.648. The zero-order chi connectivity index (χ0) is 9.52. The van der Waals surface area contributed by atoms with Gasteiger partial charge in [0.2, 0.25) is 0 Å². The Labute approximate surface area is 76.3 Å². The lowest BCUT2D eigenvalue weighted by Gasteiger charge is -2.03. The summed E-state index contributed by atoms with van der Waals surface area (Å²) < 4.78 is 17.3. The third-order valence-corrected chi connectivity index (χ3v) is 1.54. The van der Waals surface area contributed by atoms with Crippen molar-refractivity contribution in [2.45, 2.75) is 12.8 Å². The van der Waals surface area contributed by atoms with Gasteiger partial charge >= 0.3 is 0 Å². The predicted octanol–water partition coefficient (Wildman–Crippen LogP) is 1.74. The summed E-state index contributed by atoms with van der Waals surface area (Å²) in [5, 5.41) is 0. The zero-order valence-electron chi connectivity index (χ0n) is 7.15. The normalized spacial score (nSPS) is 12.4. The molecule has 0 unspecified atom stereocenters. The van der Waals surface area contributed by atoms with Crippen LogP contribution in [0.1, 0.15) is 5.56 Å². The van der Waals surface area contributed by atoms with Gasteiger partial charge in [-0.2, -0.15) is 0 Å². The molecule has 0 aliphatic carbocycles. The van der Waals surface area contributed by atoms with Crippen molar-refractivity contribution >= 4 is 6.29 Å². The number of ether oxygens (including phenoxy) is 1. The molecule has 70 valence electrons. The monoisotopic (exact) mass is 182 g/mol. The third kappa shape index (κ3) is 3.80. The minimum absolute atomic E-state index is 0.168. The Morgan fingerprint density at radius 3 is 2.69 bits per heavy atom. The summed E-state index contributed by atoms with van der Waals surface area (Å²) in [5.41, 5.74) is 0.973. The van der Waals surface area contributed by atoms with E-state index in [-0.39, 0.29) is 12.9 Å². The van der Waals surface area contributed by atoms with Crippen molar-refractivity contribution in [3.8, 4) is 0 Å². The van der Waals surface area contributed by atoms with E-state index in [9.17, 15) is 9.18 Å². The highest BCUT2D eigenvalue weighted by atomic mass is 19.1. The van der Waals surface area contributed by atoms with Gasteiger partial charge in [0.15, 0.2) is 12.5 Å². The van der Waals surface area contributed by atoms with Gasteiger partial charge < -0.3 is 9.53 Å². The van der Waals surface area contributed by atoms with E-state index >= 15 is 0 Å². The van der Waals surface area contributed by atoms with Crippen LogP contribution in [-0.4, -0.2) is 19.1 Å². The zero-order valence-corrected chi connectivity index (χ0v) is 7.15. The van der Waals surface area contributed by atoms with Gasteiger partial charge in [-0.25, -0.2) is 4.39 Å². The number of hydrogen-bond donors (Lipinski definition) is 0. The minimum Gasteiger partial charge on any atom is -0.373 e. The van der Waals surface area contributed by atoms with Crippen LogP contribution in [0.25, 0.3) is 0 Å². The van der Waals surface area contributed by atoms with Gasteiger partial charge in [-0.3, -0.25) is 0 Å². The fourth-order valence-corrected chi connectivity index (χ4v) is 0.903. The van der Waals surface area contributed by atoms with Crippen molar-refractivity contribution in [3.05, 3.63) is 35.9 Å². The summed E-state index contributed by atoms with van der Waals surface area (Å²) in [6, 6.07) is 9.42. The average Bonchev–Trinajstić information content (AvgIpc) is 2.19. The minimum atomic E-state index is -1.51. The SMILES string of the molecule is O=C[C@@H](F)COCc1ccccc1. The molecule has 0 amide bonds. The highest BCUT2D eigenvalue weighted by Gasteiger charge is 2.02. The van der Waals surface area contributed by atoms with Crippen LogP contribution in [0.4, 0.5) is 4.39 Å². The number of carbonyl (C=O) groups excluding carboxylic acids is 1. The molecular weight excluding hydrogens is 171 g/mol. The molecule has 1 atom stereocenters. The molecule has 0 aliphatic heterocycles. The van der Waals surface area contributed by atoms with Crippen molar-refractivity contribution in [1.29, 1.82) is 0 Å². The standard InChI is InChI=1S/C10H11FO2/c11-10(6-12)8-13-7-9-4-2-1-3-5-9/h1-6,10H,7-8H2/t10-/m1/s1. The molecule has 0 aromatic heterocycles. The highest BCUT2D eigenvalue weighted by Crippen LogP contribution is 2.01. The largest absolute Gasteiger partial charge is 0.373 e. The van der Waals surface area contributed by atoms with Gasteiger partial charge in [-0.15, -0.1) is 0 Å². The number of aldehydes is 1. The van der Waals surface area contributed by atoms with Gasteiger partial charge in [-0.1, -0.05) is 30.3 Å². The first-order chi connectivity index (χ1) is 6.33. The lowest BCUT2D eigenvalue weighted by atomic mass is 10.2. The summed E-state index contributed by atoms with van der Waals surface area (Å²) in [6.07, 6.45) is -1.27. The maximum atomic E-state index is 12.3. The molecule has 0 spiro atoms. The first-order valence-corrected chi connectivity index (χ1v) is 4.04. The molecule has 0 N–H and O–H groups in total. The van der Waals surface area contributed by atoms with Crippen LogP contribution in [0.15, 0.2) is 30.3 Å². The smallest absolute Gasteiger partial charge is 0.178 e. The Bertz CT molecular complexity index is 248. The van der Waals surface area contributed by atoms with E-state index in [4.69, 9.17) is 4.74 Å². The van der Waals surface area contributed by atoms with Crippen LogP contribution in [0.3, 0.4) is 0 Å². The number of hydrogen-bond acceptors (Lipinski definition) is 2. The van der Waals surface area contributed by atoms with Crippen molar-refractivity contribution < 1.29 is 13.9 Å². The molecule has 3 heteroatoms. The average molecular weight is 182 g/mol. The van der Waals surface area contributed by atoms with Crippen LogP contribution in [0, 0.1) is 0 Å². The van der Waals surface area contributed by atoms with E-state index in [1.807, 2.05) is 30.3 Å². The van der Waals surface area contributed by atoms with Crippen LogP contribution in [-0.2, 0) is 16.1 Å². The fourth-order valence-electron chi connectivity index (χ4n) is 0.903. The van der Waals surface area contributed by atoms with E-state index < -0.39 is 6.17 Å². The molecule has 0 fully saturated rings. The molecule has 13 heavy (non-hydrogen) atoms. The van der Waals surface area contributed by atoms with Gasteiger partial charge in [0.05, 0.1) is 13.2 Å². The Balaban J connectivity index is 2.24. The summed E-state index contributed by atoms with van der Waals surface area (Å²) >= 11 is 0. The van der Waals surface area contributed by atoms with Crippen molar-refractivity contribution in [1.82, 2.24) is 0 Å². The maximum absolute atomic E-state index is 12.3. The molecule has 0 radical (unpaired) electrons. The Morgan fingerprint density at radius 1 is 1.38 bits per heavy atom. The summed E-state index contributed by atoms with van der Waals surface area (Å²) in [5.74, 6) is 0. The molecular formula is C10H11FO2. The topological polar surface area (TPSA) is 26.3 Å². The van der Waals surface area contributed by atoms with Gasteiger partial charge in [0.25, 0.3) is 0 Å². The molecule has 1 aromatic carbocycles. The highest BCUT2D eigenvalue weighted by molar-refractivity contribution is 5.55. The van der Waals surface area contributed by atoms with Crippen LogP contribution < -0.4 is 0 Å². The second-order valence-electron chi connectivity index (χ2n) is 2.65. The van der Waals surface area contributed by atoms with E-state index in [0.29, 0.717) is 6.61 Å².